The van der Waals surface area contributed by atoms with Gasteiger partial charge >= 0.3 is 5.97 Å². The summed E-state index contributed by atoms with van der Waals surface area (Å²) < 4.78 is 4.93. The quantitative estimate of drug-likeness (QED) is 0.204. The van der Waals surface area contributed by atoms with Crippen LogP contribution in [0.4, 0.5) is 0 Å². The summed E-state index contributed by atoms with van der Waals surface area (Å²) in [6.07, 6.45) is 11.9. The van der Waals surface area contributed by atoms with Crippen molar-refractivity contribution in [2.75, 3.05) is 6.61 Å². The zero-order valence-corrected chi connectivity index (χ0v) is 19.6. The number of alkyl halides is 1. The lowest BCUT2D eigenvalue weighted by molar-refractivity contribution is -0.143. The molecule has 28 heavy (non-hydrogen) atoms. The molecule has 0 spiro atoms. The zero-order valence-electron chi connectivity index (χ0n) is 17.3. The van der Waals surface area contributed by atoms with Crippen LogP contribution in [0.2, 0.25) is 10.0 Å². The molecule has 5 heteroatoms. The van der Waals surface area contributed by atoms with Gasteiger partial charge in [-0.1, -0.05) is 56.3 Å². The summed E-state index contributed by atoms with van der Waals surface area (Å²) in [6.45, 7) is 4.74. The zero-order chi connectivity index (χ0) is 20.8. The Morgan fingerprint density at radius 3 is 2.32 bits per heavy atom. The van der Waals surface area contributed by atoms with Gasteiger partial charge in [0.2, 0.25) is 0 Å². The second-order valence-corrected chi connectivity index (χ2v) is 9.11. The SMILES string of the molecule is CCCCCCC(=O)OCCC.Clc1cc(Cl)cc(CCC2CCC(Cl)C2)c1. The lowest BCUT2D eigenvalue weighted by atomic mass is 9.98. The topological polar surface area (TPSA) is 26.3 Å². The Labute approximate surface area is 186 Å². The van der Waals surface area contributed by atoms with Gasteiger partial charge in [-0.25, -0.2) is 0 Å². The average molecular weight is 450 g/mol. The molecule has 1 aliphatic carbocycles. The van der Waals surface area contributed by atoms with Crippen LogP contribution >= 0.6 is 34.8 Å². The van der Waals surface area contributed by atoms with Crippen LogP contribution in [0.25, 0.3) is 0 Å². The fourth-order valence-electron chi connectivity index (χ4n) is 3.39. The van der Waals surface area contributed by atoms with Crippen molar-refractivity contribution in [1.82, 2.24) is 0 Å². The van der Waals surface area contributed by atoms with E-state index >= 15 is 0 Å². The summed E-state index contributed by atoms with van der Waals surface area (Å²) in [5, 5.41) is 1.85. The Bertz CT molecular complexity index is 543. The van der Waals surface area contributed by atoms with E-state index in [9.17, 15) is 4.79 Å². The molecule has 0 heterocycles. The van der Waals surface area contributed by atoms with Crippen molar-refractivity contribution in [2.24, 2.45) is 5.92 Å². The van der Waals surface area contributed by atoms with Gasteiger partial charge in [-0.2, -0.15) is 0 Å². The van der Waals surface area contributed by atoms with Crippen molar-refractivity contribution in [1.29, 1.82) is 0 Å². The highest BCUT2D eigenvalue weighted by Crippen LogP contribution is 2.33. The maximum absolute atomic E-state index is 10.9. The Morgan fingerprint density at radius 2 is 1.75 bits per heavy atom. The number of hydrogen-bond donors (Lipinski definition) is 0. The molecule has 0 aromatic heterocycles. The monoisotopic (exact) mass is 448 g/mol. The molecule has 1 fully saturated rings. The van der Waals surface area contributed by atoms with Gasteiger partial charge in [0.05, 0.1) is 6.61 Å². The molecule has 1 saturated carbocycles. The van der Waals surface area contributed by atoms with Gasteiger partial charge in [-0.3, -0.25) is 4.79 Å². The Balaban J connectivity index is 0.000000295. The summed E-state index contributed by atoms with van der Waals surface area (Å²) in [5.74, 6) is 0.744. The third-order valence-corrected chi connectivity index (χ3v) is 5.78. The number of ether oxygens (including phenoxy) is 1. The number of halogens is 3. The first-order chi connectivity index (χ1) is 13.4. The van der Waals surface area contributed by atoms with Crippen molar-refractivity contribution >= 4 is 40.8 Å². The summed E-state index contributed by atoms with van der Waals surface area (Å²) in [5.41, 5.74) is 1.23. The average Bonchev–Trinajstić information content (AvgIpc) is 3.07. The van der Waals surface area contributed by atoms with E-state index in [0.29, 0.717) is 18.4 Å². The molecule has 1 aliphatic rings. The van der Waals surface area contributed by atoms with Gasteiger partial charge in [-0.15, -0.1) is 11.6 Å². The largest absolute Gasteiger partial charge is 0.466 e. The van der Waals surface area contributed by atoms with Crippen molar-refractivity contribution in [3.63, 3.8) is 0 Å². The summed E-state index contributed by atoms with van der Waals surface area (Å²) >= 11 is 18.0. The van der Waals surface area contributed by atoms with E-state index < -0.39 is 0 Å². The van der Waals surface area contributed by atoms with Crippen LogP contribution in [0.15, 0.2) is 18.2 Å². The molecule has 0 amide bonds. The van der Waals surface area contributed by atoms with Crippen LogP contribution in [-0.2, 0) is 16.0 Å². The molecule has 2 nitrogen and oxygen atoms in total. The van der Waals surface area contributed by atoms with Gasteiger partial charge in [0.1, 0.15) is 0 Å². The maximum Gasteiger partial charge on any atom is 0.305 e. The lowest BCUT2D eigenvalue weighted by Gasteiger charge is -2.09. The predicted molar refractivity (Wildman–Crippen MR) is 122 cm³/mol. The van der Waals surface area contributed by atoms with Gasteiger partial charge in [0.15, 0.2) is 0 Å². The first kappa shape index (κ1) is 25.6. The summed E-state index contributed by atoms with van der Waals surface area (Å²) in [7, 11) is 0. The summed E-state index contributed by atoms with van der Waals surface area (Å²) in [4.78, 5) is 10.9. The van der Waals surface area contributed by atoms with Gasteiger partial charge in [0.25, 0.3) is 0 Å². The maximum atomic E-state index is 10.9. The summed E-state index contributed by atoms with van der Waals surface area (Å²) in [6, 6.07) is 5.78. The molecule has 2 rings (SSSR count). The van der Waals surface area contributed by atoms with Crippen LogP contribution in [0, 0.1) is 5.92 Å². The number of benzene rings is 1. The molecule has 0 aliphatic heterocycles. The number of hydrogen-bond acceptors (Lipinski definition) is 2. The van der Waals surface area contributed by atoms with Crippen LogP contribution in [-0.4, -0.2) is 18.0 Å². The first-order valence-electron chi connectivity index (χ1n) is 10.7. The van der Waals surface area contributed by atoms with Gasteiger partial charge in [0, 0.05) is 21.8 Å². The van der Waals surface area contributed by atoms with E-state index in [4.69, 9.17) is 39.5 Å². The minimum atomic E-state index is -0.0343. The van der Waals surface area contributed by atoms with Gasteiger partial charge in [-0.05, 0) is 74.6 Å². The first-order valence-corrected chi connectivity index (χ1v) is 11.9. The molecular weight excluding hydrogens is 415 g/mol. The number of carbonyl (C=O) groups excluding carboxylic acids is 1. The highest BCUT2D eigenvalue weighted by molar-refractivity contribution is 6.34. The normalized spacial score (nSPS) is 18.5. The molecule has 1 aromatic rings. The van der Waals surface area contributed by atoms with Crippen LogP contribution in [0.3, 0.4) is 0 Å². The Hall–Kier alpha value is -0.440. The molecule has 0 radical (unpaired) electrons. The van der Waals surface area contributed by atoms with Crippen molar-refractivity contribution < 1.29 is 9.53 Å². The second kappa shape index (κ2) is 15.4. The molecule has 2 unspecified atom stereocenters. The van der Waals surface area contributed by atoms with Crippen LogP contribution in [0.1, 0.15) is 83.6 Å². The van der Waals surface area contributed by atoms with E-state index in [-0.39, 0.29) is 5.97 Å². The fraction of sp³-hybridized carbons (Fsp3) is 0.696. The van der Waals surface area contributed by atoms with E-state index in [2.05, 4.69) is 6.92 Å². The van der Waals surface area contributed by atoms with Crippen molar-refractivity contribution in [3.8, 4) is 0 Å². The minimum Gasteiger partial charge on any atom is -0.466 e. The molecule has 1 aromatic carbocycles. The molecular formula is C23H35Cl3O2. The number of esters is 1. The molecule has 2 atom stereocenters. The van der Waals surface area contributed by atoms with E-state index in [1.807, 2.05) is 19.1 Å². The number of aryl methyl sites for hydroxylation is 1. The van der Waals surface area contributed by atoms with E-state index in [1.165, 1.54) is 37.7 Å². The molecule has 0 bridgehead atoms. The highest BCUT2D eigenvalue weighted by Gasteiger charge is 2.22. The second-order valence-electron chi connectivity index (χ2n) is 7.62. The van der Waals surface area contributed by atoms with Crippen molar-refractivity contribution in [2.45, 2.75) is 89.9 Å². The molecule has 160 valence electrons. The highest BCUT2D eigenvalue weighted by atomic mass is 35.5. The number of unbranched alkanes of at least 4 members (excludes halogenated alkanes) is 3. The fourth-order valence-corrected chi connectivity index (χ4v) is 4.34. The predicted octanol–water partition coefficient (Wildman–Crippen LogP) is 8.24. The molecule has 0 N–H and O–H groups in total. The molecule has 0 saturated heterocycles. The van der Waals surface area contributed by atoms with Crippen LogP contribution < -0.4 is 0 Å². The Kier molecular flexibility index (Phi) is 14.1. The smallest absolute Gasteiger partial charge is 0.305 e. The third-order valence-electron chi connectivity index (χ3n) is 4.94. The standard InChI is InChI=1S/C13H15Cl3.C10H20O2/c14-11-4-3-9(5-11)1-2-10-6-12(15)8-13(16)7-10;1-3-5-6-7-8-10(11)12-9-4-2/h6-9,11H,1-5H2;3-9H2,1-2H3. The van der Waals surface area contributed by atoms with Crippen LogP contribution in [0.5, 0.6) is 0 Å². The van der Waals surface area contributed by atoms with E-state index in [0.717, 1.165) is 48.1 Å². The number of rotatable bonds is 10. The van der Waals surface area contributed by atoms with Gasteiger partial charge < -0.3 is 4.74 Å². The minimum absolute atomic E-state index is 0.0343. The number of carbonyl (C=O) groups is 1. The lowest BCUT2D eigenvalue weighted by Crippen LogP contribution is -2.04. The Morgan fingerprint density at radius 1 is 1.04 bits per heavy atom. The third kappa shape index (κ3) is 12.2. The van der Waals surface area contributed by atoms with E-state index in [1.54, 1.807) is 6.07 Å². The van der Waals surface area contributed by atoms with Crippen molar-refractivity contribution in [3.05, 3.63) is 33.8 Å².